The molecule has 1 saturated heterocycles. The van der Waals surface area contributed by atoms with Gasteiger partial charge in [-0.05, 0) is 51.1 Å². The lowest BCUT2D eigenvalue weighted by Crippen LogP contribution is -2.44. The van der Waals surface area contributed by atoms with Crippen LogP contribution in [-0.2, 0) is 9.59 Å². The summed E-state index contributed by atoms with van der Waals surface area (Å²) in [5.74, 6) is -1.19. The van der Waals surface area contributed by atoms with E-state index in [1.54, 1.807) is 0 Å². The molecular weight excluding hydrogens is 316 g/mol. The SMILES string of the molecule is CCCC(C)NC(=O)C(=O)Nc1ccc(N2CCN(C)CC2)cc1C. The number of hydrogen-bond acceptors (Lipinski definition) is 4. The standard InChI is InChI=1S/C19H30N4O2/c1-5-6-15(3)20-18(24)19(25)21-17-8-7-16(13-14(17)2)23-11-9-22(4)10-12-23/h7-8,13,15H,5-6,9-12H2,1-4H3,(H,20,24)(H,21,25). The molecule has 1 aliphatic rings. The highest BCUT2D eigenvalue weighted by molar-refractivity contribution is 6.39. The molecule has 1 unspecified atom stereocenters. The van der Waals surface area contributed by atoms with Gasteiger partial charge in [-0.2, -0.15) is 0 Å². The van der Waals surface area contributed by atoms with Crippen LogP contribution in [-0.4, -0.2) is 56.0 Å². The number of nitrogens with zero attached hydrogens (tertiary/aromatic N) is 2. The van der Waals surface area contributed by atoms with Crippen molar-refractivity contribution in [3.05, 3.63) is 23.8 Å². The second kappa shape index (κ2) is 8.85. The van der Waals surface area contributed by atoms with Crippen molar-refractivity contribution in [2.75, 3.05) is 43.4 Å². The van der Waals surface area contributed by atoms with E-state index >= 15 is 0 Å². The summed E-state index contributed by atoms with van der Waals surface area (Å²) in [6.45, 7) is 10.0. The summed E-state index contributed by atoms with van der Waals surface area (Å²) in [5, 5.41) is 5.44. The van der Waals surface area contributed by atoms with Crippen LogP contribution < -0.4 is 15.5 Å². The van der Waals surface area contributed by atoms with Crippen LogP contribution in [0.3, 0.4) is 0 Å². The molecule has 6 heteroatoms. The Kier molecular flexibility index (Phi) is 6.82. The van der Waals surface area contributed by atoms with Crippen LogP contribution in [0, 0.1) is 6.92 Å². The van der Waals surface area contributed by atoms with Crippen molar-refractivity contribution in [1.82, 2.24) is 10.2 Å². The maximum Gasteiger partial charge on any atom is 0.313 e. The average Bonchev–Trinajstić information content (AvgIpc) is 2.57. The van der Waals surface area contributed by atoms with Crippen molar-refractivity contribution >= 4 is 23.2 Å². The lowest BCUT2D eigenvalue weighted by molar-refractivity contribution is -0.136. The molecule has 6 nitrogen and oxygen atoms in total. The largest absolute Gasteiger partial charge is 0.369 e. The molecule has 1 aromatic carbocycles. The molecule has 2 rings (SSSR count). The summed E-state index contributed by atoms with van der Waals surface area (Å²) in [7, 11) is 2.13. The van der Waals surface area contributed by atoms with Gasteiger partial charge in [0.05, 0.1) is 0 Å². The highest BCUT2D eigenvalue weighted by atomic mass is 16.2. The highest BCUT2D eigenvalue weighted by Gasteiger charge is 2.18. The number of nitrogens with one attached hydrogen (secondary N) is 2. The Morgan fingerprint density at radius 3 is 2.44 bits per heavy atom. The normalized spacial score (nSPS) is 16.4. The monoisotopic (exact) mass is 346 g/mol. The van der Waals surface area contributed by atoms with E-state index in [0.717, 1.165) is 50.3 Å². The smallest absolute Gasteiger partial charge is 0.313 e. The summed E-state index contributed by atoms with van der Waals surface area (Å²) in [4.78, 5) is 28.7. The van der Waals surface area contributed by atoms with Gasteiger partial charge in [0.2, 0.25) is 0 Å². The number of hydrogen-bond donors (Lipinski definition) is 2. The second-order valence-corrected chi connectivity index (χ2v) is 6.91. The fourth-order valence-electron chi connectivity index (χ4n) is 3.02. The number of amides is 2. The molecule has 0 aliphatic carbocycles. The zero-order chi connectivity index (χ0) is 18.4. The average molecular weight is 346 g/mol. The second-order valence-electron chi connectivity index (χ2n) is 6.91. The van der Waals surface area contributed by atoms with Crippen molar-refractivity contribution in [1.29, 1.82) is 0 Å². The van der Waals surface area contributed by atoms with Gasteiger partial charge in [-0.3, -0.25) is 9.59 Å². The van der Waals surface area contributed by atoms with Crippen molar-refractivity contribution in [3.63, 3.8) is 0 Å². The molecule has 138 valence electrons. The Bertz CT molecular complexity index is 609. The third-order valence-corrected chi connectivity index (χ3v) is 4.63. The van der Waals surface area contributed by atoms with Gasteiger partial charge >= 0.3 is 11.8 Å². The van der Waals surface area contributed by atoms with E-state index in [9.17, 15) is 9.59 Å². The van der Waals surface area contributed by atoms with E-state index in [-0.39, 0.29) is 6.04 Å². The zero-order valence-electron chi connectivity index (χ0n) is 15.8. The van der Waals surface area contributed by atoms with Crippen LogP contribution in [0.2, 0.25) is 0 Å². The Hall–Kier alpha value is -2.08. The molecule has 0 bridgehead atoms. The maximum absolute atomic E-state index is 12.1. The number of anilines is 2. The lowest BCUT2D eigenvalue weighted by atomic mass is 10.1. The number of likely N-dealkylation sites (N-methyl/N-ethyl adjacent to an activating group) is 1. The molecule has 1 aliphatic heterocycles. The summed E-state index contributed by atoms with van der Waals surface area (Å²) < 4.78 is 0. The highest BCUT2D eigenvalue weighted by Crippen LogP contribution is 2.23. The van der Waals surface area contributed by atoms with Crippen LogP contribution >= 0.6 is 0 Å². The predicted molar refractivity (Wildman–Crippen MR) is 102 cm³/mol. The van der Waals surface area contributed by atoms with E-state index < -0.39 is 11.8 Å². The van der Waals surface area contributed by atoms with Crippen LogP contribution in [0.25, 0.3) is 0 Å². The van der Waals surface area contributed by atoms with E-state index in [1.807, 2.05) is 32.9 Å². The van der Waals surface area contributed by atoms with Gasteiger partial charge in [0.15, 0.2) is 0 Å². The van der Waals surface area contributed by atoms with Gasteiger partial charge in [-0.25, -0.2) is 0 Å². The third-order valence-electron chi connectivity index (χ3n) is 4.63. The first-order valence-corrected chi connectivity index (χ1v) is 9.06. The van der Waals surface area contributed by atoms with Gasteiger partial charge in [0.1, 0.15) is 0 Å². The molecular formula is C19H30N4O2. The number of benzene rings is 1. The first-order chi connectivity index (χ1) is 11.9. The van der Waals surface area contributed by atoms with Gasteiger partial charge in [-0.1, -0.05) is 13.3 Å². The molecule has 25 heavy (non-hydrogen) atoms. The molecule has 0 aromatic heterocycles. The summed E-state index contributed by atoms with van der Waals surface area (Å²) in [6, 6.07) is 5.96. The number of carbonyl (C=O) groups excluding carboxylic acids is 2. The Morgan fingerprint density at radius 1 is 1.16 bits per heavy atom. The van der Waals surface area contributed by atoms with Crippen molar-refractivity contribution in [3.8, 4) is 0 Å². The fourth-order valence-corrected chi connectivity index (χ4v) is 3.02. The minimum atomic E-state index is -0.613. The molecule has 2 N–H and O–H groups in total. The molecule has 1 aromatic rings. The Morgan fingerprint density at radius 2 is 1.84 bits per heavy atom. The molecule has 0 radical (unpaired) electrons. The summed E-state index contributed by atoms with van der Waals surface area (Å²) >= 11 is 0. The van der Waals surface area contributed by atoms with Crippen molar-refractivity contribution in [2.24, 2.45) is 0 Å². The van der Waals surface area contributed by atoms with E-state index in [2.05, 4.69) is 33.5 Å². The van der Waals surface area contributed by atoms with Crippen molar-refractivity contribution < 1.29 is 9.59 Å². The number of carbonyl (C=O) groups is 2. The van der Waals surface area contributed by atoms with Gasteiger partial charge in [-0.15, -0.1) is 0 Å². The number of piperazine rings is 1. The van der Waals surface area contributed by atoms with Crippen molar-refractivity contribution in [2.45, 2.75) is 39.7 Å². The van der Waals surface area contributed by atoms with E-state index in [1.165, 1.54) is 0 Å². The molecule has 0 saturated carbocycles. The predicted octanol–water partition coefficient (Wildman–Crippen LogP) is 1.99. The lowest BCUT2D eigenvalue weighted by Gasteiger charge is -2.34. The molecule has 1 fully saturated rings. The molecule has 0 spiro atoms. The first kappa shape index (κ1) is 19.2. The van der Waals surface area contributed by atoms with Crippen LogP contribution in [0.4, 0.5) is 11.4 Å². The topological polar surface area (TPSA) is 64.7 Å². The van der Waals surface area contributed by atoms with Crippen LogP contribution in [0.1, 0.15) is 32.3 Å². The number of rotatable bonds is 5. The van der Waals surface area contributed by atoms with E-state index in [0.29, 0.717) is 5.69 Å². The maximum atomic E-state index is 12.1. The Balaban J connectivity index is 1.96. The zero-order valence-corrected chi connectivity index (χ0v) is 15.8. The third kappa shape index (κ3) is 5.46. The minimum Gasteiger partial charge on any atom is -0.369 e. The molecule has 1 atom stereocenters. The fraction of sp³-hybridized carbons (Fsp3) is 0.579. The molecule has 2 amide bonds. The van der Waals surface area contributed by atoms with E-state index in [4.69, 9.17) is 0 Å². The quantitative estimate of drug-likeness (QED) is 0.801. The van der Waals surface area contributed by atoms with Gasteiger partial charge < -0.3 is 20.4 Å². The number of aryl methyl sites for hydroxylation is 1. The summed E-state index contributed by atoms with van der Waals surface area (Å²) in [6.07, 6.45) is 1.83. The summed E-state index contributed by atoms with van der Waals surface area (Å²) in [5.41, 5.74) is 2.80. The molecule has 1 heterocycles. The van der Waals surface area contributed by atoms with Crippen LogP contribution in [0.15, 0.2) is 18.2 Å². The Labute approximate surface area is 150 Å². The van der Waals surface area contributed by atoms with Gasteiger partial charge in [0, 0.05) is 43.6 Å². The first-order valence-electron chi connectivity index (χ1n) is 9.06. The van der Waals surface area contributed by atoms with Gasteiger partial charge in [0.25, 0.3) is 0 Å². The minimum absolute atomic E-state index is 0.00366. The van der Waals surface area contributed by atoms with Crippen LogP contribution in [0.5, 0.6) is 0 Å².